The minimum Gasteiger partial charge on any atom is -0.460 e. The predicted molar refractivity (Wildman–Crippen MR) is 57.2 cm³/mol. The van der Waals surface area contributed by atoms with Crippen molar-refractivity contribution in [3.63, 3.8) is 0 Å². The number of ether oxygens (including phenoxy) is 1. The minimum atomic E-state index is -1.00. The second-order valence-corrected chi connectivity index (χ2v) is 4.99. The number of esters is 1. The fourth-order valence-corrected chi connectivity index (χ4v) is 2.45. The summed E-state index contributed by atoms with van der Waals surface area (Å²) in [5.41, 5.74) is 0. The molecule has 1 rings (SSSR count). The molecule has 0 radical (unpaired) electrons. The number of carbonyl (C=O) groups excluding carboxylic acids is 1. The summed E-state index contributed by atoms with van der Waals surface area (Å²) in [6, 6.07) is 0. The third-order valence-corrected chi connectivity index (χ3v) is 3.35. The maximum atomic E-state index is 12.1. The molecule has 0 heterocycles. The van der Waals surface area contributed by atoms with Crippen molar-refractivity contribution in [2.45, 2.75) is 46.1 Å². The maximum Gasteiger partial charge on any atom is 0.337 e. The molecule has 3 atom stereocenters. The van der Waals surface area contributed by atoms with Gasteiger partial charge < -0.3 is 4.74 Å². The molecule has 0 bridgehead atoms. The topological polar surface area (TPSA) is 26.3 Å². The summed E-state index contributed by atoms with van der Waals surface area (Å²) in [5, 5.41) is 0. The highest BCUT2D eigenvalue weighted by Gasteiger charge is 2.33. The maximum absolute atomic E-state index is 12.1. The fraction of sp³-hybridized carbons (Fsp3) is 0.917. The van der Waals surface area contributed by atoms with Gasteiger partial charge in [0.1, 0.15) is 6.10 Å². The van der Waals surface area contributed by atoms with Crippen molar-refractivity contribution >= 4 is 5.97 Å². The number of carbonyl (C=O) groups is 1. The van der Waals surface area contributed by atoms with Crippen LogP contribution < -0.4 is 0 Å². The third kappa shape index (κ3) is 3.47. The van der Waals surface area contributed by atoms with E-state index in [1.165, 1.54) is 6.42 Å². The number of hydrogen-bond acceptors (Lipinski definition) is 2. The number of hydrogen-bond donors (Lipinski definition) is 0. The first-order valence-corrected chi connectivity index (χ1v) is 5.80. The summed E-state index contributed by atoms with van der Waals surface area (Å²) in [6.45, 7) is 5.43. The molecule has 0 N–H and O–H groups in total. The molecule has 1 aliphatic rings. The summed E-state index contributed by atoms with van der Waals surface area (Å²) in [6.07, 6.45) is 3.08. The van der Waals surface area contributed by atoms with Crippen LogP contribution in [-0.4, -0.2) is 18.7 Å². The van der Waals surface area contributed by atoms with Gasteiger partial charge in [-0.15, -0.1) is 0 Å². The number of halogens is 1. The van der Waals surface area contributed by atoms with Gasteiger partial charge in [-0.05, 0) is 30.6 Å². The molecular weight excluding hydrogens is 195 g/mol. The second-order valence-electron chi connectivity index (χ2n) is 4.99. The quantitative estimate of drug-likeness (QED) is 0.678. The van der Waals surface area contributed by atoms with Gasteiger partial charge in [-0.2, -0.15) is 0 Å². The lowest BCUT2D eigenvalue weighted by Crippen LogP contribution is -2.36. The molecule has 0 aromatic rings. The van der Waals surface area contributed by atoms with Crippen LogP contribution in [0.2, 0.25) is 0 Å². The van der Waals surface area contributed by atoms with Gasteiger partial charge in [0, 0.05) is 0 Å². The van der Waals surface area contributed by atoms with Gasteiger partial charge in [0.05, 0.1) is 0 Å². The van der Waals surface area contributed by atoms with Gasteiger partial charge in [0.2, 0.25) is 0 Å². The van der Waals surface area contributed by atoms with Crippen molar-refractivity contribution in [2.75, 3.05) is 6.67 Å². The van der Waals surface area contributed by atoms with Crippen molar-refractivity contribution in [3.8, 4) is 0 Å². The van der Waals surface area contributed by atoms with E-state index >= 15 is 0 Å². The second kappa shape index (κ2) is 5.47. The highest BCUT2D eigenvalue weighted by molar-refractivity contribution is 5.70. The molecule has 0 amide bonds. The first-order chi connectivity index (χ1) is 7.04. The Bertz CT molecular complexity index is 216. The van der Waals surface area contributed by atoms with E-state index in [0.29, 0.717) is 17.8 Å². The Labute approximate surface area is 91.2 Å². The summed E-state index contributed by atoms with van der Waals surface area (Å²) in [4.78, 5) is 11.0. The molecule has 88 valence electrons. The van der Waals surface area contributed by atoms with Crippen molar-refractivity contribution < 1.29 is 13.9 Å². The van der Waals surface area contributed by atoms with E-state index in [1.807, 2.05) is 0 Å². The summed E-state index contributed by atoms with van der Waals surface area (Å²) in [5.74, 6) is 0.767. The Hall–Kier alpha value is -0.600. The van der Waals surface area contributed by atoms with E-state index in [-0.39, 0.29) is 6.10 Å². The Balaban J connectivity index is 2.57. The smallest absolute Gasteiger partial charge is 0.337 e. The van der Waals surface area contributed by atoms with Crippen molar-refractivity contribution in [2.24, 2.45) is 17.8 Å². The van der Waals surface area contributed by atoms with Crippen LogP contribution in [0.5, 0.6) is 0 Å². The van der Waals surface area contributed by atoms with E-state index in [2.05, 4.69) is 20.8 Å². The molecule has 0 aromatic carbocycles. The Morgan fingerprint density at radius 3 is 2.67 bits per heavy atom. The lowest BCUT2D eigenvalue weighted by molar-refractivity contribution is -0.156. The SMILES string of the molecule is CC(C)[C@@H]1CC[C@@H](C)C[C@H]1OC(=O)CF. The van der Waals surface area contributed by atoms with Gasteiger partial charge in [-0.25, -0.2) is 9.18 Å². The normalized spacial score (nSPS) is 31.7. The summed E-state index contributed by atoms with van der Waals surface area (Å²) < 4.78 is 17.3. The monoisotopic (exact) mass is 216 g/mol. The fourth-order valence-electron chi connectivity index (χ4n) is 2.45. The molecule has 0 aromatic heterocycles. The van der Waals surface area contributed by atoms with E-state index < -0.39 is 12.6 Å². The van der Waals surface area contributed by atoms with Crippen LogP contribution >= 0.6 is 0 Å². The van der Waals surface area contributed by atoms with E-state index in [4.69, 9.17) is 4.74 Å². The van der Waals surface area contributed by atoms with Crippen LogP contribution in [0.25, 0.3) is 0 Å². The molecule has 3 heteroatoms. The Kier molecular flexibility index (Phi) is 4.55. The first kappa shape index (κ1) is 12.5. The highest BCUT2D eigenvalue weighted by atomic mass is 19.1. The zero-order valence-electron chi connectivity index (χ0n) is 9.83. The average molecular weight is 216 g/mol. The Morgan fingerprint density at radius 1 is 1.47 bits per heavy atom. The van der Waals surface area contributed by atoms with E-state index in [9.17, 15) is 9.18 Å². The molecule has 15 heavy (non-hydrogen) atoms. The predicted octanol–water partition coefficient (Wildman–Crippen LogP) is 2.96. The zero-order chi connectivity index (χ0) is 11.4. The van der Waals surface area contributed by atoms with Gasteiger partial charge >= 0.3 is 5.97 Å². The molecule has 1 fully saturated rings. The third-order valence-electron chi connectivity index (χ3n) is 3.35. The van der Waals surface area contributed by atoms with Crippen LogP contribution in [0, 0.1) is 17.8 Å². The van der Waals surface area contributed by atoms with Crippen LogP contribution in [-0.2, 0) is 9.53 Å². The summed E-state index contributed by atoms with van der Waals surface area (Å²) >= 11 is 0. The lowest BCUT2D eigenvalue weighted by Gasteiger charge is -2.36. The van der Waals surface area contributed by atoms with Gasteiger partial charge in [0.25, 0.3) is 0 Å². The molecule has 0 aliphatic heterocycles. The molecule has 0 saturated heterocycles. The van der Waals surface area contributed by atoms with Gasteiger partial charge in [-0.1, -0.05) is 27.2 Å². The van der Waals surface area contributed by atoms with Crippen LogP contribution in [0.3, 0.4) is 0 Å². The van der Waals surface area contributed by atoms with Crippen LogP contribution in [0.1, 0.15) is 40.0 Å². The molecule has 1 saturated carbocycles. The largest absolute Gasteiger partial charge is 0.460 e. The van der Waals surface area contributed by atoms with Gasteiger partial charge in [0.15, 0.2) is 6.67 Å². The minimum absolute atomic E-state index is 0.0722. The number of rotatable bonds is 3. The van der Waals surface area contributed by atoms with E-state index in [0.717, 1.165) is 12.8 Å². The summed E-state index contributed by atoms with van der Waals surface area (Å²) in [7, 11) is 0. The first-order valence-electron chi connectivity index (χ1n) is 5.80. The van der Waals surface area contributed by atoms with Gasteiger partial charge in [-0.3, -0.25) is 0 Å². The van der Waals surface area contributed by atoms with Crippen LogP contribution in [0.4, 0.5) is 4.39 Å². The van der Waals surface area contributed by atoms with Crippen LogP contribution in [0.15, 0.2) is 0 Å². The van der Waals surface area contributed by atoms with Crippen molar-refractivity contribution in [1.29, 1.82) is 0 Å². The lowest BCUT2D eigenvalue weighted by atomic mass is 9.75. The number of alkyl halides is 1. The molecule has 1 aliphatic carbocycles. The molecule has 0 spiro atoms. The van der Waals surface area contributed by atoms with Crippen molar-refractivity contribution in [1.82, 2.24) is 0 Å². The molecule has 2 nitrogen and oxygen atoms in total. The Morgan fingerprint density at radius 2 is 2.13 bits per heavy atom. The zero-order valence-corrected chi connectivity index (χ0v) is 9.83. The standard InChI is InChI=1S/C12H21FO2/c1-8(2)10-5-4-9(3)6-11(10)15-12(14)7-13/h8-11H,4-7H2,1-3H3/t9-,10+,11-/m1/s1. The highest BCUT2D eigenvalue weighted by Crippen LogP contribution is 2.35. The average Bonchev–Trinajstić information content (AvgIpc) is 2.17. The van der Waals surface area contributed by atoms with Crippen molar-refractivity contribution in [3.05, 3.63) is 0 Å². The van der Waals surface area contributed by atoms with E-state index in [1.54, 1.807) is 0 Å². The molecule has 0 unspecified atom stereocenters. The molecular formula is C12H21FO2.